The first-order valence-corrected chi connectivity index (χ1v) is 13.8. The predicted octanol–water partition coefficient (Wildman–Crippen LogP) is 5.28. The van der Waals surface area contributed by atoms with Crippen molar-refractivity contribution in [1.29, 1.82) is 0 Å². The highest BCUT2D eigenvalue weighted by atomic mass is 32.1. The normalized spacial score (nSPS) is 11.2. The Bertz CT molecular complexity index is 1790. The molecule has 0 unspecified atom stereocenters. The van der Waals surface area contributed by atoms with Gasteiger partial charge in [0.05, 0.1) is 12.1 Å². The number of hydrogen-bond acceptors (Lipinski definition) is 5. The van der Waals surface area contributed by atoms with Crippen molar-refractivity contribution in [3.63, 3.8) is 0 Å². The number of nitrogens with two attached hydrogens (primary N) is 1. The van der Waals surface area contributed by atoms with Gasteiger partial charge in [0.2, 0.25) is 0 Å². The zero-order valence-electron chi connectivity index (χ0n) is 22.9. The minimum absolute atomic E-state index is 0.0138. The zero-order chi connectivity index (χ0) is 30.4. The Morgan fingerprint density at radius 1 is 0.881 bits per heavy atom. The second-order valence-electron chi connectivity index (χ2n) is 9.62. The van der Waals surface area contributed by atoms with Crippen LogP contribution in [0.4, 0.5) is 13.2 Å². The number of aromatic nitrogens is 2. The van der Waals surface area contributed by atoms with E-state index in [2.05, 4.69) is 36.5 Å². The lowest BCUT2D eigenvalue weighted by Crippen LogP contribution is -2.38. The van der Waals surface area contributed by atoms with Crippen LogP contribution < -0.4 is 22.3 Å². The molecule has 0 aliphatic rings. The topological polar surface area (TPSA) is 98.6 Å². The third kappa shape index (κ3) is 7.23. The van der Waals surface area contributed by atoms with Crippen molar-refractivity contribution < 1.29 is 18.0 Å². The Balaban J connectivity index is 0.000000385. The summed E-state index contributed by atoms with van der Waals surface area (Å²) in [7, 11) is 0. The third-order valence-electron chi connectivity index (χ3n) is 6.49. The van der Waals surface area contributed by atoms with Crippen LogP contribution in [0.2, 0.25) is 0 Å². The number of nitrogens with one attached hydrogen (secondary N) is 1. The van der Waals surface area contributed by atoms with E-state index < -0.39 is 28.9 Å². The van der Waals surface area contributed by atoms with Gasteiger partial charge in [-0.1, -0.05) is 72.3 Å². The number of benzene rings is 3. The second kappa shape index (κ2) is 13.0. The maximum atomic E-state index is 12.9. The molecule has 0 atom stereocenters. The molecule has 3 aromatic carbocycles. The molecule has 0 aliphatic heterocycles. The fourth-order valence-electron chi connectivity index (χ4n) is 4.08. The number of aryl methyl sites for hydroxylation is 2. The Labute approximate surface area is 243 Å². The molecule has 5 aromatic rings. The number of rotatable bonds is 6. The molecule has 218 valence electrons. The van der Waals surface area contributed by atoms with E-state index in [9.17, 15) is 27.6 Å². The lowest BCUT2D eigenvalue weighted by molar-refractivity contribution is -0.137. The number of nitrogens with zero attached hydrogens (tertiary/aromatic N) is 2. The Kier molecular flexibility index (Phi) is 9.44. The van der Waals surface area contributed by atoms with Gasteiger partial charge in [-0.05, 0) is 42.7 Å². The Morgan fingerprint density at radius 2 is 1.50 bits per heavy atom. The van der Waals surface area contributed by atoms with Crippen molar-refractivity contribution in [2.75, 3.05) is 0 Å². The summed E-state index contributed by atoms with van der Waals surface area (Å²) in [5, 5.41) is 2.63. The van der Waals surface area contributed by atoms with Gasteiger partial charge in [0.15, 0.2) is 0 Å². The molecule has 0 saturated carbocycles. The van der Waals surface area contributed by atoms with Crippen molar-refractivity contribution in [2.24, 2.45) is 5.73 Å². The average molecular weight is 595 g/mol. The lowest BCUT2D eigenvalue weighted by atomic mass is 10.1. The summed E-state index contributed by atoms with van der Waals surface area (Å²) >= 11 is 1.01. The SMILES string of the molecule is Cc1c(=O)n(Cc2ccccc2)c(=O)n2cc(C(=O)NCc3ccc(C(F)(F)F)cc3)sc12.Cc1ccc(CN)cc1. The molecule has 7 nitrogen and oxygen atoms in total. The van der Waals surface area contributed by atoms with Crippen molar-refractivity contribution in [3.8, 4) is 0 Å². The average Bonchev–Trinajstić information content (AvgIpc) is 3.44. The number of alkyl halides is 3. The van der Waals surface area contributed by atoms with Gasteiger partial charge in [0.25, 0.3) is 11.5 Å². The monoisotopic (exact) mass is 594 g/mol. The fraction of sp³-hybridized carbons (Fsp3) is 0.194. The van der Waals surface area contributed by atoms with Gasteiger partial charge < -0.3 is 11.1 Å². The molecule has 3 N–H and O–H groups in total. The third-order valence-corrected chi connectivity index (χ3v) is 7.70. The highest BCUT2D eigenvalue weighted by Crippen LogP contribution is 2.29. The number of carbonyl (C=O) groups excluding carboxylic acids is 1. The summed E-state index contributed by atoms with van der Waals surface area (Å²) in [5.41, 5.74) is 7.76. The Hall–Kier alpha value is -4.48. The van der Waals surface area contributed by atoms with Crippen LogP contribution in [-0.4, -0.2) is 14.9 Å². The molecule has 2 heterocycles. The number of hydrogen-bond donors (Lipinski definition) is 2. The van der Waals surface area contributed by atoms with Crippen LogP contribution in [0.15, 0.2) is 94.6 Å². The van der Waals surface area contributed by atoms with Crippen molar-refractivity contribution in [3.05, 3.63) is 144 Å². The first kappa shape index (κ1) is 30.5. The molecule has 0 radical (unpaired) electrons. The predicted molar refractivity (Wildman–Crippen MR) is 158 cm³/mol. The first-order chi connectivity index (χ1) is 20.0. The minimum atomic E-state index is -4.43. The van der Waals surface area contributed by atoms with Gasteiger partial charge in [0, 0.05) is 24.8 Å². The van der Waals surface area contributed by atoms with Crippen LogP contribution in [0.1, 0.15) is 43.1 Å². The van der Waals surface area contributed by atoms with Crippen LogP contribution >= 0.6 is 11.3 Å². The molecule has 5 rings (SSSR count). The Morgan fingerprint density at radius 3 is 2.10 bits per heavy atom. The number of amides is 1. The van der Waals surface area contributed by atoms with Crippen LogP contribution in [-0.2, 0) is 25.8 Å². The molecule has 0 spiro atoms. The number of fused-ring (bicyclic) bond motifs is 1. The molecule has 0 saturated heterocycles. The molecule has 0 fully saturated rings. The van der Waals surface area contributed by atoms with Crippen LogP contribution in [0.3, 0.4) is 0 Å². The van der Waals surface area contributed by atoms with Gasteiger partial charge in [-0.3, -0.25) is 18.6 Å². The van der Waals surface area contributed by atoms with E-state index in [0.717, 1.165) is 33.6 Å². The van der Waals surface area contributed by atoms with Gasteiger partial charge in [-0.25, -0.2) is 4.79 Å². The van der Waals surface area contributed by atoms with E-state index in [-0.39, 0.29) is 18.0 Å². The van der Waals surface area contributed by atoms with Gasteiger partial charge in [-0.15, -0.1) is 11.3 Å². The van der Waals surface area contributed by atoms with Crippen LogP contribution in [0, 0.1) is 13.8 Å². The first-order valence-electron chi connectivity index (χ1n) is 13.0. The largest absolute Gasteiger partial charge is 0.416 e. The maximum Gasteiger partial charge on any atom is 0.416 e. The molecular formula is C31H29F3N4O3S. The fourth-order valence-corrected chi connectivity index (χ4v) is 5.08. The molecule has 11 heteroatoms. The van der Waals surface area contributed by atoms with Crippen molar-refractivity contribution in [1.82, 2.24) is 14.3 Å². The molecular weight excluding hydrogens is 565 g/mol. The van der Waals surface area contributed by atoms with E-state index in [1.807, 2.05) is 30.3 Å². The smallest absolute Gasteiger partial charge is 0.347 e. The summed E-state index contributed by atoms with van der Waals surface area (Å²) in [6, 6.07) is 21.8. The quantitative estimate of drug-likeness (QED) is 0.280. The summed E-state index contributed by atoms with van der Waals surface area (Å²) < 4.78 is 40.4. The van der Waals surface area contributed by atoms with Gasteiger partial charge in [0.1, 0.15) is 9.71 Å². The lowest BCUT2D eigenvalue weighted by Gasteiger charge is -2.08. The van der Waals surface area contributed by atoms with Crippen LogP contribution in [0.5, 0.6) is 0 Å². The second-order valence-corrected chi connectivity index (χ2v) is 10.7. The van der Waals surface area contributed by atoms with Gasteiger partial charge >= 0.3 is 11.9 Å². The molecule has 0 bridgehead atoms. The highest BCUT2D eigenvalue weighted by Gasteiger charge is 2.30. The van der Waals surface area contributed by atoms with Crippen molar-refractivity contribution in [2.45, 2.75) is 39.7 Å². The summed E-state index contributed by atoms with van der Waals surface area (Å²) in [4.78, 5) is 38.9. The summed E-state index contributed by atoms with van der Waals surface area (Å²) in [5.74, 6) is -0.496. The highest BCUT2D eigenvalue weighted by molar-refractivity contribution is 7.19. The zero-order valence-corrected chi connectivity index (χ0v) is 23.8. The molecule has 42 heavy (non-hydrogen) atoms. The van der Waals surface area contributed by atoms with Gasteiger partial charge in [-0.2, -0.15) is 13.2 Å². The number of carbonyl (C=O) groups is 1. The van der Waals surface area contributed by atoms with E-state index in [1.165, 1.54) is 33.9 Å². The molecule has 0 aliphatic carbocycles. The maximum absolute atomic E-state index is 12.9. The van der Waals surface area contributed by atoms with Crippen LogP contribution in [0.25, 0.3) is 4.83 Å². The minimum Gasteiger partial charge on any atom is -0.347 e. The van der Waals surface area contributed by atoms with E-state index >= 15 is 0 Å². The van der Waals surface area contributed by atoms with E-state index in [1.54, 1.807) is 6.92 Å². The number of halogens is 3. The number of thiazole rings is 1. The van der Waals surface area contributed by atoms with E-state index in [0.29, 0.717) is 22.5 Å². The summed E-state index contributed by atoms with van der Waals surface area (Å²) in [6.07, 6.45) is -3.06. The van der Waals surface area contributed by atoms with Crippen molar-refractivity contribution >= 4 is 22.1 Å². The molecule has 1 amide bonds. The standard InChI is InChI=1S/C23H18F3N3O3S.C8H11N/c1-14-20(31)28(12-16-5-3-2-4-6-16)22(32)29-13-18(33-21(14)29)19(30)27-11-15-7-9-17(10-8-15)23(24,25)26;1-7-2-4-8(6-9)5-3-7/h2-10,13H,11-12H2,1H3,(H,27,30);2-5H,6,9H2,1H3. The summed E-state index contributed by atoms with van der Waals surface area (Å²) in [6.45, 7) is 4.42. The molecule has 2 aromatic heterocycles. The van der Waals surface area contributed by atoms with E-state index in [4.69, 9.17) is 5.73 Å².